The number of hydrogen-bond acceptors (Lipinski definition) is 5. The zero-order valence-electron chi connectivity index (χ0n) is 2.83. The lowest BCUT2D eigenvalue weighted by Crippen LogP contribution is -1.86. The van der Waals surface area contributed by atoms with Crippen LogP contribution in [0.3, 0.4) is 0 Å². The van der Waals surface area contributed by atoms with Crippen LogP contribution in [0.25, 0.3) is 0 Å². The van der Waals surface area contributed by atoms with Gasteiger partial charge >= 0.3 is 0 Å². The molecule has 0 saturated carbocycles. The molecule has 0 aromatic carbocycles. The first-order chi connectivity index (χ1) is 2.91. The van der Waals surface area contributed by atoms with Crippen molar-refractivity contribution in [1.29, 1.82) is 0 Å². The first kappa shape index (κ1) is 5.48. The Morgan fingerprint density at radius 3 is 2.67 bits per heavy atom. The zero-order valence-corrected chi connectivity index (χ0v) is 2.83. The van der Waals surface area contributed by atoms with Crippen LogP contribution in [0.4, 0.5) is 0 Å². The van der Waals surface area contributed by atoms with Crippen LogP contribution in [-0.4, -0.2) is 12.0 Å². The average molecular weight is 93.0 g/mol. The molecule has 0 saturated heterocycles. The molecule has 6 heavy (non-hydrogen) atoms. The van der Waals surface area contributed by atoms with Crippen molar-refractivity contribution in [3.63, 3.8) is 0 Å². The van der Waals surface area contributed by atoms with Crippen molar-refractivity contribution < 1.29 is 15.2 Å². The maximum Gasteiger partial charge on any atom is 0.216 e. The summed E-state index contributed by atoms with van der Waals surface area (Å²) in [4.78, 5) is 12.6. The van der Waals surface area contributed by atoms with Crippen LogP contribution < -0.4 is 0 Å². The van der Waals surface area contributed by atoms with Crippen molar-refractivity contribution in [3.05, 3.63) is 4.91 Å². The largest absolute Gasteiger partial charge is 0.221 e. The summed E-state index contributed by atoms with van der Waals surface area (Å²) in [6.45, 7) is -0.490. The Balaban J connectivity index is 2.49. The van der Waals surface area contributed by atoms with E-state index in [9.17, 15) is 0 Å². The van der Waals surface area contributed by atoms with E-state index in [4.69, 9.17) is 10.2 Å². The van der Waals surface area contributed by atoms with E-state index in [2.05, 4.69) is 15.1 Å². The summed E-state index contributed by atoms with van der Waals surface area (Å²) in [6.07, 6.45) is 0. The quantitative estimate of drug-likeness (QED) is 0.233. The van der Waals surface area contributed by atoms with Gasteiger partial charge in [-0.1, -0.05) is 5.04 Å². The Bertz CT molecular complexity index is 36.5. The molecule has 0 atom stereocenters. The van der Waals surface area contributed by atoms with Gasteiger partial charge < -0.3 is 0 Å². The van der Waals surface area contributed by atoms with Crippen LogP contribution in [0.2, 0.25) is 0 Å². The normalized spacial score (nSPS) is 8.17. The molecule has 0 amide bonds. The molecule has 0 aliphatic carbocycles. The average Bonchev–Trinajstić information content (AvgIpc) is 1.61. The molecule has 0 aliphatic heterocycles. The molecule has 0 heterocycles. The van der Waals surface area contributed by atoms with E-state index in [1.807, 2.05) is 0 Å². The molecule has 1 N–H and O–H groups in total. The van der Waals surface area contributed by atoms with Crippen molar-refractivity contribution in [2.75, 3.05) is 6.73 Å². The highest BCUT2D eigenvalue weighted by atomic mass is 17.5. The third-order valence-corrected chi connectivity index (χ3v) is 0.158. The topological polar surface area (TPSA) is 68.1 Å². The minimum absolute atomic E-state index is 0.490. The highest BCUT2D eigenvalue weighted by Gasteiger charge is 1.75. The molecule has 0 unspecified atom stereocenters. The maximum absolute atomic E-state index is 9.00. The second kappa shape index (κ2) is 4.48. The summed E-state index contributed by atoms with van der Waals surface area (Å²) in [6, 6.07) is 0. The van der Waals surface area contributed by atoms with E-state index in [1.165, 1.54) is 0 Å². The van der Waals surface area contributed by atoms with E-state index >= 15 is 0 Å². The first-order valence-electron chi connectivity index (χ1n) is 1.14. The molecule has 36 valence electrons. The van der Waals surface area contributed by atoms with E-state index in [1.54, 1.807) is 0 Å². The third-order valence-electron chi connectivity index (χ3n) is 0.158. The van der Waals surface area contributed by atoms with Crippen molar-refractivity contribution in [2.45, 2.75) is 0 Å². The molecular weight excluding hydrogens is 90.0 g/mol. The predicted octanol–water partition coefficient (Wildman–Crippen LogP) is 0.132. The minimum Gasteiger partial charge on any atom is -0.221 e. The lowest BCUT2D eigenvalue weighted by molar-refractivity contribution is -0.489. The predicted molar refractivity (Wildman–Crippen MR) is 15.5 cm³/mol. The SMILES string of the molecule is O=NCOOO. The lowest BCUT2D eigenvalue weighted by atomic mass is 11.4. The molecule has 0 rings (SSSR count). The fourth-order valence-corrected chi connectivity index (χ4v) is 0.0451. The summed E-state index contributed by atoms with van der Waals surface area (Å²) in [5.41, 5.74) is 0. The van der Waals surface area contributed by atoms with Crippen LogP contribution in [0.5, 0.6) is 0 Å². The van der Waals surface area contributed by atoms with Gasteiger partial charge in [-0.15, -0.1) is 4.91 Å². The molecule has 5 nitrogen and oxygen atoms in total. The van der Waals surface area contributed by atoms with Crippen molar-refractivity contribution in [3.8, 4) is 0 Å². The van der Waals surface area contributed by atoms with Gasteiger partial charge in [-0.25, -0.2) is 5.26 Å². The molecule has 0 fully saturated rings. The number of nitroso groups, excluding NO2 is 1. The second-order valence-electron chi connectivity index (χ2n) is 0.451. The Labute approximate surface area is 33.3 Å². The van der Waals surface area contributed by atoms with E-state index in [-0.39, 0.29) is 0 Å². The Morgan fingerprint density at radius 2 is 2.50 bits per heavy atom. The van der Waals surface area contributed by atoms with Gasteiger partial charge in [0.1, 0.15) is 0 Å². The minimum atomic E-state index is -0.490. The smallest absolute Gasteiger partial charge is 0.216 e. The molecule has 0 aromatic heterocycles. The Kier molecular flexibility index (Phi) is 4.09. The standard InChI is InChI=1S/CH3NO4/c3-2-1-5-6-4/h4H,1H2. The summed E-state index contributed by atoms with van der Waals surface area (Å²) in [5, 5.41) is 12.4. The third kappa shape index (κ3) is 3.48. The van der Waals surface area contributed by atoms with Crippen LogP contribution in [0.15, 0.2) is 5.18 Å². The highest BCUT2D eigenvalue weighted by molar-refractivity contribution is 4.11. The van der Waals surface area contributed by atoms with Crippen LogP contribution in [0, 0.1) is 4.91 Å². The fourth-order valence-electron chi connectivity index (χ4n) is 0.0451. The summed E-state index contributed by atoms with van der Waals surface area (Å²) < 4.78 is 0. The molecule has 0 radical (unpaired) electrons. The van der Waals surface area contributed by atoms with Crippen molar-refractivity contribution in [1.82, 2.24) is 0 Å². The molecule has 5 heteroatoms. The number of hydrogen-bond donors (Lipinski definition) is 1. The Morgan fingerprint density at radius 1 is 1.83 bits per heavy atom. The summed E-state index contributed by atoms with van der Waals surface area (Å²) in [5.74, 6) is 0. The van der Waals surface area contributed by atoms with Crippen LogP contribution in [-0.2, 0) is 9.93 Å². The highest BCUT2D eigenvalue weighted by Crippen LogP contribution is 1.69. The van der Waals surface area contributed by atoms with Crippen LogP contribution in [0.1, 0.15) is 0 Å². The van der Waals surface area contributed by atoms with Gasteiger partial charge in [-0.2, -0.15) is 4.89 Å². The first-order valence-corrected chi connectivity index (χ1v) is 1.14. The van der Waals surface area contributed by atoms with Gasteiger partial charge in [-0.3, -0.25) is 0 Å². The molecule has 0 spiro atoms. The van der Waals surface area contributed by atoms with Gasteiger partial charge in [0, 0.05) is 0 Å². The van der Waals surface area contributed by atoms with E-state index in [0.29, 0.717) is 0 Å². The number of rotatable bonds is 3. The van der Waals surface area contributed by atoms with Gasteiger partial charge in [-0.05, 0) is 5.18 Å². The lowest BCUT2D eigenvalue weighted by Gasteiger charge is -1.81. The van der Waals surface area contributed by atoms with Gasteiger partial charge in [0.25, 0.3) is 0 Å². The van der Waals surface area contributed by atoms with Gasteiger partial charge in [0.15, 0.2) is 0 Å². The van der Waals surface area contributed by atoms with Crippen molar-refractivity contribution in [2.24, 2.45) is 5.18 Å². The Hall–Kier alpha value is -0.520. The van der Waals surface area contributed by atoms with Gasteiger partial charge in [0.2, 0.25) is 6.73 Å². The summed E-state index contributed by atoms with van der Waals surface area (Å²) in [7, 11) is 0. The molecule has 0 aromatic rings. The van der Waals surface area contributed by atoms with Gasteiger partial charge in [0.05, 0.1) is 0 Å². The molecule has 0 aliphatic rings. The zero-order chi connectivity index (χ0) is 4.83. The summed E-state index contributed by atoms with van der Waals surface area (Å²) >= 11 is 0. The molecular formula is CH3NO4. The monoisotopic (exact) mass is 93.0 g/mol. The van der Waals surface area contributed by atoms with E-state index in [0.717, 1.165) is 0 Å². The fraction of sp³-hybridized carbons (Fsp3) is 1.00. The number of nitrogens with zero attached hydrogens (tertiary/aromatic N) is 1. The molecule has 0 bridgehead atoms. The van der Waals surface area contributed by atoms with Crippen LogP contribution >= 0.6 is 0 Å². The second-order valence-corrected chi connectivity index (χ2v) is 0.451. The maximum atomic E-state index is 9.00. The van der Waals surface area contributed by atoms with E-state index < -0.39 is 6.73 Å². The van der Waals surface area contributed by atoms with Crippen molar-refractivity contribution >= 4 is 0 Å².